The van der Waals surface area contributed by atoms with Crippen molar-refractivity contribution < 1.29 is 4.74 Å². The molecule has 1 fully saturated rings. The lowest BCUT2D eigenvalue weighted by Gasteiger charge is -2.24. The van der Waals surface area contributed by atoms with E-state index in [1.54, 1.807) is 0 Å². The van der Waals surface area contributed by atoms with E-state index in [1.165, 1.54) is 5.56 Å². The molecule has 4 aromatic rings. The van der Waals surface area contributed by atoms with Gasteiger partial charge in [-0.2, -0.15) is 10.2 Å². The van der Waals surface area contributed by atoms with Gasteiger partial charge in [0.25, 0.3) is 0 Å². The molecule has 33 heavy (non-hydrogen) atoms. The van der Waals surface area contributed by atoms with Crippen LogP contribution in [-0.4, -0.2) is 29.2 Å². The molecule has 1 saturated heterocycles. The van der Waals surface area contributed by atoms with E-state index in [0.717, 1.165) is 53.6 Å². The third-order valence-corrected chi connectivity index (χ3v) is 5.85. The number of piperidine rings is 1. The van der Waals surface area contributed by atoms with Crippen LogP contribution in [0.5, 0.6) is 5.88 Å². The van der Waals surface area contributed by atoms with E-state index in [1.807, 2.05) is 54.6 Å². The summed E-state index contributed by atoms with van der Waals surface area (Å²) in [6.07, 6.45) is 2.18. The molecule has 0 saturated carbocycles. The fraction of sp³-hybridized carbons (Fsp3) is 0.222. The number of hydrogen-bond donors (Lipinski definition) is 2. The van der Waals surface area contributed by atoms with Gasteiger partial charge in [-0.15, -0.1) is 0 Å². The standard InChI is InChI=1S/C27H25N5O/c1-18-4-11-22(12-5-18)30-27-31-25-15-21(20-8-6-19(16-28)7-9-20)10-13-24(25)26(32-27)33-23-3-2-14-29-17-23/h4-13,15,23,29H,2-3,14,17H2,1H3,(H,30,31,32)/t23-/m1/s1. The highest BCUT2D eigenvalue weighted by molar-refractivity contribution is 5.89. The predicted octanol–water partition coefficient (Wildman–Crippen LogP) is 5.35. The molecule has 0 unspecified atom stereocenters. The monoisotopic (exact) mass is 435 g/mol. The second-order valence-corrected chi connectivity index (χ2v) is 8.35. The van der Waals surface area contributed by atoms with E-state index in [2.05, 4.69) is 35.8 Å². The number of hydrogen-bond acceptors (Lipinski definition) is 6. The minimum absolute atomic E-state index is 0.0854. The van der Waals surface area contributed by atoms with Crippen LogP contribution < -0.4 is 15.4 Å². The Morgan fingerprint density at radius 1 is 1.00 bits per heavy atom. The fourth-order valence-electron chi connectivity index (χ4n) is 4.01. The Hall–Kier alpha value is -3.95. The van der Waals surface area contributed by atoms with Crippen molar-refractivity contribution in [3.63, 3.8) is 0 Å². The molecule has 2 heterocycles. The summed E-state index contributed by atoms with van der Waals surface area (Å²) in [5.41, 5.74) is 5.62. The van der Waals surface area contributed by atoms with Crippen LogP contribution in [0.25, 0.3) is 22.0 Å². The van der Waals surface area contributed by atoms with Crippen molar-refractivity contribution in [1.29, 1.82) is 5.26 Å². The van der Waals surface area contributed by atoms with E-state index in [0.29, 0.717) is 17.4 Å². The number of anilines is 2. The third-order valence-electron chi connectivity index (χ3n) is 5.85. The minimum atomic E-state index is 0.0854. The summed E-state index contributed by atoms with van der Waals surface area (Å²) in [4.78, 5) is 9.53. The van der Waals surface area contributed by atoms with Crippen LogP contribution in [0, 0.1) is 18.3 Å². The highest BCUT2D eigenvalue weighted by Gasteiger charge is 2.18. The summed E-state index contributed by atoms with van der Waals surface area (Å²) in [5.74, 6) is 1.09. The molecule has 1 atom stereocenters. The largest absolute Gasteiger partial charge is 0.472 e. The molecule has 1 aliphatic heterocycles. The average molecular weight is 436 g/mol. The minimum Gasteiger partial charge on any atom is -0.472 e. The van der Waals surface area contributed by atoms with Crippen molar-refractivity contribution in [3.05, 3.63) is 77.9 Å². The highest BCUT2D eigenvalue weighted by atomic mass is 16.5. The van der Waals surface area contributed by atoms with E-state index in [9.17, 15) is 0 Å². The molecular weight excluding hydrogens is 410 g/mol. The van der Waals surface area contributed by atoms with Gasteiger partial charge in [0.2, 0.25) is 11.8 Å². The summed E-state index contributed by atoms with van der Waals surface area (Å²) in [7, 11) is 0. The van der Waals surface area contributed by atoms with Crippen molar-refractivity contribution in [3.8, 4) is 23.1 Å². The quantitative estimate of drug-likeness (QED) is 0.440. The van der Waals surface area contributed by atoms with Gasteiger partial charge in [0.15, 0.2) is 0 Å². The molecule has 1 aliphatic rings. The van der Waals surface area contributed by atoms with Gasteiger partial charge in [0.1, 0.15) is 6.10 Å². The topological polar surface area (TPSA) is 82.9 Å². The molecule has 0 bridgehead atoms. The first kappa shape index (κ1) is 20.9. The van der Waals surface area contributed by atoms with E-state index in [4.69, 9.17) is 20.0 Å². The first-order valence-electron chi connectivity index (χ1n) is 11.2. The van der Waals surface area contributed by atoms with Gasteiger partial charge < -0.3 is 15.4 Å². The van der Waals surface area contributed by atoms with Crippen LogP contribution >= 0.6 is 0 Å². The van der Waals surface area contributed by atoms with Crippen molar-refractivity contribution >= 4 is 22.5 Å². The van der Waals surface area contributed by atoms with E-state index in [-0.39, 0.29) is 6.10 Å². The number of nitrogens with zero attached hydrogens (tertiary/aromatic N) is 3. The molecular formula is C27H25N5O. The number of benzene rings is 3. The molecule has 0 spiro atoms. The van der Waals surface area contributed by atoms with Crippen LogP contribution in [0.1, 0.15) is 24.0 Å². The summed E-state index contributed by atoms with van der Waals surface area (Å²) in [6, 6.07) is 24.0. The molecule has 3 aromatic carbocycles. The zero-order valence-electron chi connectivity index (χ0n) is 18.5. The number of aromatic nitrogens is 2. The molecule has 0 radical (unpaired) electrons. The lowest BCUT2D eigenvalue weighted by Crippen LogP contribution is -2.37. The smallest absolute Gasteiger partial charge is 0.231 e. The molecule has 6 heteroatoms. The zero-order chi connectivity index (χ0) is 22.6. The predicted molar refractivity (Wildman–Crippen MR) is 131 cm³/mol. The highest BCUT2D eigenvalue weighted by Crippen LogP contribution is 2.31. The Labute approximate surface area is 193 Å². The number of nitriles is 1. The fourth-order valence-corrected chi connectivity index (χ4v) is 4.01. The summed E-state index contributed by atoms with van der Waals surface area (Å²) in [6.45, 7) is 3.90. The van der Waals surface area contributed by atoms with Crippen LogP contribution in [0.15, 0.2) is 66.7 Å². The summed E-state index contributed by atoms with van der Waals surface area (Å²) < 4.78 is 6.35. The number of rotatable bonds is 5. The average Bonchev–Trinajstić information content (AvgIpc) is 2.86. The van der Waals surface area contributed by atoms with E-state index < -0.39 is 0 Å². The van der Waals surface area contributed by atoms with Crippen LogP contribution in [0.3, 0.4) is 0 Å². The lowest BCUT2D eigenvalue weighted by molar-refractivity contribution is 0.163. The number of ether oxygens (including phenoxy) is 1. The van der Waals surface area contributed by atoms with Crippen LogP contribution in [0.2, 0.25) is 0 Å². The first-order valence-corrected chi connectivity index (χ1v) is 11.2. The molecule has 1 aromatic heterocycles. The molecule has 0 aliphatic carbocycles. The Morgan fingerprint density at radius 3 is 2.52 bits per heavy atom. The van der Waals surface area contributed by atoms with Gasteiger partial charge in [0.05, 0.1) is 22.5 Å². The summed E-state index contributed by atoms with van der Waals surface area (Å²) >= 11 is 0. The Bertz CT molecular complexity index is 1300. The molecule has 0 amide bonds. The van der Waals surface area contributed by atoms with Gasteiger partial charge >= 0.3 is 0 Å². The molecule has 5 rings (SSSR count). The number of fused-ring (bicyclic) bond motifs is 1. The maximum absolute atomic E-state index is 9.08. The number of aryl methyl sites for hydroxylation is 1. The Morgan fingerprint density at radius 2 is 1.79 bits per heavy atom. The van der Waals surface area contributed by atoms with Crippen molar-refractivity contribution in [2.24, 2.45) is 0 Å². The Balaban J connectivity index is 1.54. The second kappa shape index (κ2) is 9.27. The third kappa shape index (κ3) is 4.79. The maximum atomic E-state index is 9.08. The van der Waals surface area contributed by atoms with Crippen molar-refractivity contribution in [2.45, 2.75) is 25.9 Å². The van der Waals surface area contributed by atoms with Gasteiger partial charge in [-0.1, -0.05) is 35.9 Å². The van der Waals surface area contributed by atoms with Crippen LogP contribution in [0.4, 0.5) is 11.6 Å². The normalized spacial score (nSPS) is 15.7. The lowest BCUT2D eigenvalue weighted by atomic mass is 10.0. The van der Waals surface area contributed by atoms with E-state index >= 15 is 0 Å². The van der Waals surface area contributed by atoms with Crippen molar-refractivity contribution in [1.82, 2.24) is 15.3 Å². The van der Waals surface area contributed by atoms with Crippen molar-refractivity contribution in [2.75, 3.05) is 18.4 Å². The van der Waals surface area contributed by atoms with Crippen LogP contribution in [-0.2, 0) is 0 Å². The van der Waals surface area contributed by atoms with Gasteiger partial charge in [-0.25, -0.2) is 4.98 Å². The maximum Gasteiger partial charge on any atom is 0.231 e. The zero-order valence-corrected chi connectivity index (χ0v) is 18.5. The van der Waals surface area contributed by atoms with Gasteiger partial charge in [-0.3, -0.25) is 0 Å². The molecule has 6 nitrogen and oxygen atoms in total. The molecule has 164 valence electrons. The molecule has 2 N–H and O–H groups in total. The Kier molecular flexibility index (Phi) is 5.88. The second-order valence-electron chi connectivity index (χ2n) is 8.35. The summed E-state index contributed by atoms with van der Waals surface area (Å²) in [5, 5.41) is 16.7. The SMILES string of the molecule is Cc1ccc(Nc2nc(O[C@@H]3CCCNC3)c3ccc(-c4ccc(C#N)cc4)cc3n2)cc1. The first-order chi connectivity index (χ1) is 16.2. The number of nitrogens with one attached hydrogen (secondary N) is 2. The van der Waals surface area contributed by atoms with Gasteiger partial charge in [0, 0.05) is 12.2 Å². The van der Waals surface area contributed by atoms with Gasteiger partial charge in [-0.05, 0) is 73.8 Å².